The van der Waals surface area contributed by atoms with Crippen molar-refractivity contribution in [3.05, 3.63) is 30.3 Å². The van der Waals surface area contributed by atoms with E-state index in [0.717, 1.165) is 5.56 Å². The zero-order valence-corrected chi connectivity index (χ0v) is 5.49. The molecule has 3 N–H and O–H groups in total. The van der Waals surface area contributed by atoms with Crippen LogP contribution in [0.15, 0.2) is 18.3 Å². The quantitative estimate of drug-likeness (QED) is 0.612. The van der Waals surface area contributed by atoms with Gasteiger partial charge in [-0.15, -0.1) is 0 Å². The first-order valence-corrected chi connectivity index (χ1v) is 2.98. The third kappa shape index (κ3) is 1.70. The lowest BCUT2D eigenvalue weighted by atomic mass is 10.2. The Bertz CT molecular complexity index is 213. The molecule has 0 spiro atoms. The van der Waals surface area contributed by atoms with Gasteiger partial charge in [-0.3, -0.25) is 0 Å². The van der Waals surface area contributed by atoms with Gasteiger partial charge in [0, 0.05) is 12.6 Å². The van der Waals surface area contributed by atoms with E-state index >= 15 is 0 Å². The van der Waals surface area contributed by atoms with Crippen molar-refractivity contribution >= 4 is 5.82 Å². The summed E-state index contributed by atoms with van der Waals surface area (Å²) >= 11 is 0. The normalized spacial score (nSPS) is 9.70. The Morgan fingerprint density at radius 1 is 1.70 bits per heavy atom. The van der Waals surface area contributed by atoms with Crippen LogP contribution in [0.3, 0.4) is 0 Å². The maximum absolute atomic E-state index is 8.49. The Morgan fingerprint density at radius 3 is 3.10 bits per heavy atom. The fourth-order valence-corrected chi connectivity index (χ4v) is 0.698. The first kappa shape index (κ1) is 7.02. The predicted octanol–water partition coefficient (Wildman–Crippen LogP) is 0.208. The molecule has 1 rings (SSSR count). The second kappa shape index (κ2) is 3.17. The van der Waals surface area contributed by atoms with Gasteiger partial charge in [0.15, 0.2) is 0 Å². The summed E-state index contributed by atoms with van der Waals surface area (Å²) in [7, 11) is 0. The van der Waals surface area contributed by atoms with E-state index in [1.54, 1.807) is 24.8 Å². The Kier molecular flexibility index (Phi) is 2.23. The Labute approximate surface area is 59.5 Å². The van der Waals surface area contributed by atoms with Gasteiger partial charge in [0.25, 0.3) is 0 Å². The highest BCUT2D eigenvalue weighted by atomic mass is 16.2. The average molecular weight is 137 g/mol. The second-order valence-electron chi connectivity index (χ2n) is 1.90. The smallest absolute Gasteiger partial charge is 0.123 e. The van der Waals surface area contributed by atoms with Gasteiger partial charge in [-0.2, -0.15) is 0 Å². The van der Waals surface area contributed by atoms with Crippen LogP contribution in [0.4, 0.5) is 5.82 Å². The largest absolute Gasteiger partial charge is 0.396 e. The molecule has 0 aliphatic heterocycles. The third-order valence-electron chi connectivity index (χ3n) is 1.13. The zero-order chi connectivity index (χ0) is 7.40. The molecular weight excluding hydrogens is 128 g/mol. The van der Waals surface area contributed by atoms with Gasteiger partial charge in [-0.25, -0.2) is 4.98 Å². The minimum Gasteiger partial charge on any atom is -0.396 e. The summed E-state index contributed by atoms with van der Waals surface area (Å²) in [5.74, 6) is 0.474. The van der Waals surface area contributed by atoms with Gasteiger partial charge in [-0.05, 0) is 17.7 Å². The number of anilines is 1. The molecule has 0 bridgehead atoms. The van der Waals surface area contributed by atoms with Gasteiger partial charge in [0.1, 0.15) is 5.82 Å². The Hall–Kier alpha value is -1.09. The van der Waals surface area contributed by atoms with Crippen LogP contribution >= 0.6 is 0 Å². The number of nitrogens with two attached hydrogens (primary N) is 1. The highest BCUT2D eigenvalue weighted by molar-refractivity contribution is 5.35. The van der Waals surface area contributed by atoms with Crippen LogP contribution < -0.4 is 5.73 Å². The Balaban J connectivity index is 2.75. The zero-order valence-electron chi connectivity index (χ0n) is 5.49. The van der Waals surface area contributed by atoms with Crippen LogP contribution in [0.2, 0.25) is 0 Å². The Morgan fingerprint density at radius 2 is 2.50 bits per heavy atom. The lowest BCUT2D eigenvalue weighted by Crippen LogP contribution is -1.92. The SMILES string of the molecule is Nc1cc([CH]CO)ccn1. The number of hydrogen-bond acceptors (Lipinski definition) is 3. The van der Waals surface area contributed by atoms with E-state index in [0.29, 0.717) is 5.82 Å². The molecule has 0 unspecified atom stereocenters. The number of aliphatic hydroxyl groups excluding tert-OH is 1. The number of aliphatic hydroxyl groups is 1. The van der Waals surface area contributed by atoms with Crippen LogP contribution in [0, 0.1) is 6.42 Å². The molecule has 1 aromatic rings. The van der Waals surface area contributed by atoms with Gasteiger partial charge in [0.2, 0.25) is 0 Å². The molecule has 0 aliphatic rings. The van der Waals surface area contributed by atoms with Gasteiger partial charge < -0.3 is 10.8 Å². The molecule has 1 heterocycles. The van der Waals surface area contributed by atoms with Crippen molar-refractivity contribution in [1.29, 1.82) is 0 Å². The molecule has 0 saturated carbocycles. The lowest BCUT2D eigenvalue weighted by Gasteiger charge is -1.96. The molecule has 10 heavy (non-hydrogen) atoms. The van der Waals surface area contributed by atoms with Crippen LogP contribution in [-0.2, 0) is 0 Å². The number of hydrogen-bond donors (Lipinski definition) is 2. The van der Waals surface area contributed by atoms with E-state index in [2.05, 4.69) is 4.98 Å². The van der Waals surface area contributed by atoms with Gasteiger partial charge >= 0.3 is 0 Å². The summed E-state index contributed by atoms with van der Waals surface area (Å²) < 4.78 is 0. The lowest BCUT2D eigenvalue weighted by molar-refractivity contribution is 0.331. The number of nitrogen functional groups attached to an aromatic ring is 1. The highest BCUT2D eigenvalue weighted by Gasteiger charge is 1.91. The van der Waals surface area contributed by atoms with E-state index < -0.39 is 0 Å². The molecule has 0 amide bonds. The molecule has 0 fully saturated rings. The fourth-order valence-electron chi connectivity index (χ4n) is 0.698. The minimum atomic E-state index is 0.0312. The van der Waals surface area contributed by atoms with Crippen molar-refractivity contribution < 1.29 is 5.11 Å². The third-order valence-corrected chi connectivity index (χ3v) is 1.13. The van der Waals surface area contributed by atoms with Crippen molar-refractivity contribution in [3.8, 4) is 0 Å². The first-order valence-electron chi connectivity index (χ1n) is 2.98. The molecule has 53 valence electrons. The first-order chi connectivity index (χ1) is 4.83. The summed E-state index contributed by atoms with van der Waals surface area (Å²) in [6.45, 7) is 0.0312. The monoisotopic (exact) mass is 137 g/mol. The number of nitrogens with zero attached hydrogens (tertiary/aromatic N) is 1. The highest BCUT2D eigenvalue weighted by Crippen LogP contribution is 2.03. The molecule has 0 aromatic carbocycles. The van der Waals surface area contributed by atoms with Crippen LogP contribution in [0.5, 0.6) is 0 Å². The van der Waals surface area contributed by atoms with Crippen molar-refractivity contribution in [1.82, 2.24) is 4.98 Å². The molecular formula is C7H9N2O. The standard InChI is InChI=1S/C7H9N2O/c8-7-5-6(2-4-10)1-3-9-7/h1-3,5,10H,4H2,(H2,8,9). The van der Waals surface area contributed by atoms with Gasteiger partial charge in [0.05, 0.1) is 6.61 Å². The molecule has 3 nitrogen and oxygen atoms in total. The number of aromatic nitrogens is 1. The fraction of sp³-hybridized carbons (Fsp3) is 0.143. The number of rotatable bonds is 2. The van der Waals surface area contributed by atoms with Crippen molar-refractivity contribution in [2.75, 3.05) is 12.3 Å². The summed E-state index contributed by atoms with van der Waals surface area (Å²) in [6, 6.07) is 3.49. The van der Waals surface area contributed by atoms with E-state index in [1.807, 2.05) is 0 Å². The van der Waals surface area contributed by atoms with E-state index in [4.69, 9.17) is 10.8 Å². The minimum absolute atomic E-state index is 0.0312. The van der Waals surface area contributed by atoms with Crippen LogP contribution in [0.25, 0.3) is 0 Å². The number of pyridine rings is 1. The van der Waals surface area contributed by atoms with Crippen LogP contribution in [-0.4, -0.2) is 16.7 Å². The maximum atomic E-state index is 8.49. The predicted molar refractivity (Wildman–Crippen MR) is 39.1 cm³/mol. The molecule has 1 radical (unpaired) electrons. The second-order valence-corrected chi connectivity index (χ2v) is 1.90. The van der Waals surface area contributed by atoms with Gasteiger partial charge in [-0.1, -0.05) is 0 Å². The average Bonchev–Trinajstić information content (AvgIpc) is 1.88. The van der Waals surface area contributed by atoms with E-state index in [-0.39, 0.29) is 6.61 Å². The summed E-state index contributed by atoms with van der Waals surface area (Å²) in [4.78, 5) is 3.80. The summed E-state index contributed by atoms with van der Waals surface area (Å²) in [5.41, 5.74) is 6.27. The van der Waals surface area contributed by atoms with Crippen molar-refractivity contribution in [2.45, 2.75) is 0 Å². The summed E-state index contributed by atoms with van der Waals surface area (Å²) in [5, 5.41) is 8.49. The molecule has 0 aliphatic carbocycles. The van der Waals surface area contributed by atoms with E-state index in [1.165, 1.54) is 0 Å². The molecule has 1 aromatic heterocycles. The van der Waals surface area contributed by atoms with Crippen molar-refractivity contribution in [2.24, 2.45) is 0 Å². The molecule has 0 saturated heterocycles. The van der Waals surface area contributed by atoms with E-state index in [9.17, 15) is 0 Å². The summed E-state index contributed by atoms with van der Waals surface area (Å²) in [6.07, 6.45) is 3.27. The van der Waals surface area contributed by atoms with Crippen LogP contribution in [0.1, 0.15) is 5.56 Å². The molecule has 0 atom stereocenters. The topological polar surface area (TPSA) is 59.1 Å². The maximum Gasteiger partial charge on any atom is 0.123 e. The molecule has 3 heteroatoms. The van der Waals surface area contributed by atoms with Crippen molar-refractivity contribution in [3.63, 3.8) is 0 Å².